The molecule has 0 saturated carbocycles. The van der Waals surface area contributed by atoms with Crippen LogP contribution < -0.4 is 20.8 Å². The molecule has 1 aliphatic heterocycles. The number of fused-ring (bicyclic) bond motifs is 2. The molecule has 0 spiro atoms. The van der Waals surface area contributed by atoms with Crippen molar-refractivity contribution in [2.45, 2.75) is 19.5 Å². The molecular formula is C20H18N4O4. The Morgan fingerprint density at radius 2 is 2.11 bits per heavy atom. The van der Waals surface area contributed by atoms with Gasteiger partial charge in [-0.15, -0.1) is 0 Å². The average molecular weight is 378 g/mol. The van der Waals surface area contributed by atoms with E-state index in [4.69, 9.17) is 4.74 Å². The molecule has 1 aromatic heterocycles. The van der Waals surface area contributed by atoms with Crippen LogP contribution in [0, 0.1) is 0 Å². The van der Waals surface area contributed by atoms with Gasteiger partial charge in [0.05, 0.1) is 23.4 Å². The molecule has 4 rings (SSSR count). The van der Waals surface area contributed by atoms with E-state index >= 15 is 0 Å². The molecule has 0 fully saturated rings. The lowest BCUT2D eigenvalue weighted by Crippen LogP contribution is -2.31. The van der Waals surface area contributed by atoms with Crippen molar-refractivity contribution in [1.29, 1.82) is 0 Å². The van der Waals surface area contributed by atoms with Crippen molar-refractivity contribution in [3.8, 4) is 5.75 Å². The molecule has 0 bridgehead atoms. The summed E-state index contributed by atoms with van der Waals surface area (Å²) in [7, 11) is 0. The SMILES string of the molecule is CC(NC(=O)Cn1ncc(=O)c2ccccc21)c1ccc2c(c1)NC(=O)CO2. The standard InChI is InChI=1S/C20H18N4O4/c1-12(13-6-7-18-15(8-13)23-20(27)11-28-18)22-19(26)10-24-16-5-3-2-4-14(16)17(25)9-21-24/h2-9,12H,10-11H2,1H3,(H,22,26)(H,23,27). The summed E-state index contributed by atoms with van der Waals surface area (Å²) in [6.45, 7) is 1.83. The fourth-order valence-electron chi connectivity index (χ4n) is 3.16. The fourth-order valence-corrected chi connectivity index (χ4v) is 3.16. The van der Waals surface area contributed by atoms with E-state index in [2.05, 4.69) is 15.7 Å². The van der Waals surface area contributed by atoms with Crippen LogP contribution in [-0.2, 0) is 16.1 Å². The molecule has 2 N–H and O–H groups in total. The third kappa shape index (κ3) is 3.44. The number of benzene rings is 2. The summed E-state index contributed by atoms with van der Waals surface area (Å²) in [6, 6.07) is 12.1. The maximum absolute atomic E-state index is 12.5. The number of nitrogens with zero attached hydrogens (tertiary/aromatic N) is 2. The van der Waals surface area contributed by atoms with Gasteiger partial charge in [0.2, 0.25) is 11.3 Å². The number of hydrogen-bond donors (Lipinski definition) is 2. The molecule has 8 heteroatoms. The first kappa shape index (κ1) is 17.7. The third-order valence-electron chi connectivity index (χ3n) is 4.57. The third-order valence-corrected chi connectivity index (χ3v) is 4.57. The summed E-state index contributed by atoms with van der Waals surface area (Å²) in [5.74, 6) is 0.148. The smallest absolute Gasteiger partial charge is 0.262 e. The first-order chi connectivity index (χ1) is 13.5. The van der Waals surface area contributed by atoms with E-state index in [9.17, 15) is 14.4 Å². The second-order valence-electron chi connectivity index (χ2n) is 6.57. The number of carbonyl (C=O) groups excluding carboxylic acids is 2. The zero-order chi connectivity index (χ0) is 19.7. The summed E-state index contributed by atoms with van der Waals surface area (Å²) in [5, 5.41) is 10.3. The molecule has 142 valence electrons. The highest BCUT2D eigenvalue weighted by Gasteiger charge is 2.18. The van der Waals surface area contributed by atoms with E-state index in [0.29, 0.717) is 22.3 Å². The minimum absolute atomic E-state index is 0.00103. The lowest BCUT2D eigenvalue weighted by atomic mass is 10.1. The van der Waals surface area contributed by atoms with Crippen LogP contribution in [0.5, 0.6) is 5.75 Å². The van der Waals surface area contributed by atoms with Crippen molar-refractivity contribution < 1.29 is 14.3 Å². The van der Waals surface area contributed by atoms with Crippen molar-refractivity contribution >= 4 is 28.4 Å². The van der Waals surface area contributed by atoms with Crippen LogP contribution in [0.1, 0.15) is 18.5 Å². The first-order valence-corrected chi connectivity index (χ1v) is 8.82. The zero-order valence-corrected chi connectivity index (χ0v) is 15.1. The monoisotopic (exact) mass is 378 g/mol. The van der Waals surface area contributed by atoms with Gasteiger partial charge in [-0.05, 0) is 36.8 Å². The molecular weight excluding hydrogens is 360 g/mol. The number of para-hydroxylation sites is 1. The predicted octanol–water partition coefficient (Wildman–Crippen LogP) is 1.60. The minimum Gasteiger partial charge on any atom is -0.482 e. The second-order valence-corrected chi connectivity index (χ2v) is 6.57. The van der Waals surface area contributed by atoms with E-state index in [-0.39, 0.29) is 36.4 Å². The van der Waals surface area contributed by atoms with Crippen molar-refractivity contribution in [2.75, 3.05) is 11.9 Å². The summed E-state index contributed by atoms with van der Waals surface area (Å²) in [6.07, 6.45) is 1.21. The van der Waals surface area contributed by atoms with E-state index < -0.39 is 0 Å². The molecule has 3 aromatic rings. The molecule has 1 aliphatic rings. The van der Waals surface area contributed by atoms with Gasteiger partial charge < -0.3 is 15.4 Å². The zero-order valence-electron chi connectivity index (χ0n) is 15.1. The molecule has 1 unspecified atom stereocenters. The van der Waals surface area contributed by atoms with E-state index in [0.717, 1.165) is 5.56 Å². The van der Waals surface area contributed by atoms with Crippen LogP contribution in [0.3, 0.4) is 0 Å². The second kappa shape index (κ2) is 7.15. The van der Waals surface area contributed by atoms with Gasteiger partial charge in [0.15, 0.2) is 6.61 Å². The number of rotatable bonds is 4. The highest BCUT2D eigenvalue weighted by Crippen LogP contribution is 2.30. The molecule has 0 radical (unpaired) electrons. The van der Waals surface area contributed by atoms with Crippen LogP contribution >= 0.6 is 0 Å². The Morgan fingerprint density at radius 3 is 2.96 bits per heavy atom. The maximum atomic E-state index is 12.5. The Morgan fingerprint density at radius 1 is 1.29 bits per heavy atom. The highest BCUT2D eigenvalue weighted by molar-refractivity contribution is 5.95. The molecule has 2 aromatic carbocycles. The van der Waals surface area contributed by atoms with Crippen LogP contribution in [0.15, 0.2) is 53.5 Å². The van der Waals surface area contributed by atoms with Crippen molar-refractivity contribution in [1.82, 2.24) is 15.1 Å². The number of anilines is 1. The topological polar surface area (TPSA) is 102 Å². The van der Waals surface area contributed by atoms with Gasteiger partial charge in [-0.3, -0.25) is 19.1 Å². The maximum Gasteiger partial charge on any atom is 0.262 e. The van der Waals surface area contributed by atoms with Gasteiger partial charge in [0.1, 0.15) is 12.3 Å². The van der Waals surface area contributed by atoms with Crippen LogP contribution in [0.4, 0.5) is 5.69 Å². The quantitative estimate of drug-likeness (QED) is 0.718. The Balaban J connectivity index is 1.50. The fraction of sp³-hybridized carbons (Fsp3) is 0.200. The molecule has 0 saturated heterocycles. The Kier molecular flexibility index (Phi) is 4.52. The lowest BCUT2D eigenvalue weighted by molar-refractivity contribution is -0.122. The summed E-state index contributed by atoms with van der Waals surface area (Å²) < 4.78 is 6.84. The van der Waals surface area contributed by atoms with Crippen LogP contribution in [0.2, 0.25) is 0 Å². The Bertz CT molecular complexity index is 1140. The summed E-state index contributed by atoms with van der Waals surface area (Å²) in [5.41, 5.74) is 1.84. The van der Waals surface area contributed by atoms with Gasteiger partial charge in [-0.1, -0.05) is 18.2 Å². The summed E-state index contributed by atoms with van der Waals surface area (Å²) in [4.78, 5) is 35.9. The van der Waals surface area contributed by atoms with E-state index in [1.54, 1.807) is 36.4 Å². The van der Waals surface area contributed by atoms with Crippen LogP contribution in [0.25, 0.3) is 10.9 Å². The molecule has 8 nitrogen and oxygen atoms in total. The average Bonchev–Trinajstić information content (AvgIpc) is 2.69. The Labute approximate surface area is 160 Å². The molecule has 0 aliphatic carbocycles. The van der Waals surface area contributed by atoms with Crippen molar-refractivity contribution in [3.63, 3.8) is 0 Å². The van der Waals surface area contributed by atoms with E-state index in [1.807, 2.05) is 13.0 Å². The van der Waals surface area contributed by atoms with Gasteiger partial charge in [0, 0.05) is 5.39 Å². The highest BCUT2D eigenvalue weighted by atomic mass is 16.5. The van der Waals surface area contributed by atoms with Crippen molar-refractivity contribution in [2.24, 2.45) is 0 Å². The van der Waals surface area contributed by atoms with E-state index in [1.165, 1.54) is 10.9 Å². The normalized spacial score (nSPS) is 14.0. The summed E-state index contributed by atoms with van der Waals surface area (Å²) >= 11 is 0. The predicted molar refractivity (Wildman–Crippen MR) is 103 cm³/mol. The first-order valence-electron chi connectivity index (χ1n) is 8.82. The number of carbonyl (C=O) groups is 2. The number of hydrogen-bond acceptors (Lipinski definition) is 5. The molecule has 28 heavy (non-hydrogen) atoms. The Hall–Kier alpha value is -3.68. The number of nitrogens with one attached hydrogen (secondary N) is 2. The molecule has 2 amide bonds. The lowest BCUT2D eigenvalue weighted by Gasteiger charge is -2.21. The van der Waals surface area contributed by atoms with Crippen molar-refractivity contribution in [3.05, 3.63) is 64.4 Å². The van der Waals surface area contributed by atoms with Gasteiger partial charge in [0.25, 0.3) is 5.91 Å². The molecule has 2 heterocycles. The number of ether oxygens (including phenoxy) is 1. The van der Waals surface area contributed by atoms with Gasteiger partial charge in [-0.2, -0.15) is 5.10 Å². The number of aromatic nitrogens is 2. The number of amides is 2. The minimum atomic E-state index is -0.290. The molecule has 1 atom stereocenters. The van der Waals surface area contributed by atoms with Crippen LogP contribution in [-0.4, -0.2) is 28.2 Å². The van der Waals surface area contributed by atoms with Gasteiger partial charge >= 0.3 is 0 Å². The largest absolute Gasteiger partial charge is 0.482 e. The van der Waals surface area contributed by atoms with Gasteiger partial charge in [-0.25, -0.2) is 0 Å².